The summed E-state index contributed by atoms with van der Waals surface area (Å²) in [5.41, 5.74) is -0.569. The molecule has 2 aromatic rings. The average Bonchev–Trinajstić information content (AvgIpc) is 3.41. The molecule has 2 N–H and O–H groups in total. The van der Waals surface area contributed by atoms with Crippen molar-refractivity contribution in [3.8, 4) is 0 Å². The number of rotatable bonds is 6. The van der Waals surface area contributed by atoms with Crippen LogP contribution in [0.2, 0.25) is 0 Å². The SMILES string of the molecule is C[C@@]1(CSc2ccccc2C(=O)N2CCN(S(=O)(=O)c3cccs3)CC2)NC(=O)NC1=O. The van der Waals surface area contributed by atoms with Crippen molar-refractivity contribution in [2.45, 2.75) is 21.6 Å². The van der Waals surface area contributed by atoms with Crippen molar-refractivity contribution in [1.82, 2.24) is 19.8 Å². The highest BCUT2D eigenvalue weighted by atomic mass is 32.2. The summed E-state index contributed by atoms with van der Waals surface area (Å²) in [6.45, 7) is 2.67. The molecule has 1 atom stereocenters. The number of amides is 4. The van der Waals surface area contributed by atoms with Gasteiger partial charge in [0.15, 0.2) is 0 Å². The molecule has 1 aromatic carbocycles. The molecule has 2 aliphatic heterocycles. The van der Waals surface area contributed by atoms with E-state index in [0.717, 1.165) is 0 Å². The molecular formula is C20H22N4O5S3. The van der Waals surface area contributed by atoms with Gasteiger partial charge >= 0.3 is 6.03 Å². The monoisotopic (exact) mass is 494 g/mol. The number of benzene rings is 1. The van der Waals surface area contributed by atoms with Gasteiger partial charge in [0.1, 0.15) is 9.75 Å². The second-order valence-corrected chi connectivity index (χ2v) is 11.8. The first-order valence-corrected chi connectivity index (χ1v) is 13.2. The molecule has 12 heteroatoms. The van der Waals surface area contributed by atoms with Gasteiger partial charge in [-0.2, -0.15) is 4.31 Å². The van der Waals surface area contributed by atoms with Crippen LogP contribution in [0.25, 0.3) is 0 Å². The molecule has 0 spiro atoms. The lowest BCUT2D eigenvalue weighted by molar-refractivity contribution is -0.122. The van der Waals surface area contributed by atoms with E-state index in [4.69, 9.17) is 0 Å². The molecule has 0 aliphatic carbocycles. The van der Waals surface area contributed by atoms with Crippen LogP contribution in [-0.4, -0.2) is 72.9 Å². The van der Waals surface area contributed by atoms with E-state index < -0.39 is 27.5 Å². The summed E-state index contributed by atoms with van der Waals surface area (Å²) < 4.78 is 27.1. The van der Waals surface area contributed by atoms with Crippen LogP contribution in [0, 0.1) is 0 Å². The van der Waals surface area contributed by atoms with E-state index in [1.165, 1.54) is 27.4 Å². The van der Waals surface area contributed by atoms with Gasteiger partial charge in [0.2, 0.25) is 0 Å². The Kier molecular flexibility index (Phi) is 6.30. The van der Waals surface area contributed by atoms with Crippen LogP contribution in [0.4, 0.5) is 4.79 Å². The van der Waals surface area contributed by atoms with Crippen LogP contribution in [-0.2, 0) is 14.8 Å². The summed E-state index contributed by atoms with van der Waals surface area (Å²) >= 11 is 2.49. The lowest BCUT2D eigenvalue weighted by Crippen LogP contribution is -2.50. The smallest absolute Gasteiger partial charge is 0.322 e. The number of piperazine rings is 1. The van der Waals surface area contributed by atoms with Crippen molar-refractivity contribution in [3.63, 3.8) is 0 Å². The molecule has 3 heterocycles. The Balaban J connectivity index is 1.42. The summed E-state index contributed by atoms with van der Waals surface area (Å²) in [6.07, 6.45) is 0. The van der Waals surface area contributed by atoms with Crippen molar-refractivity contribution in [2.75, 3.05) is 31.9 Å². The molecule has 170 valence electrons. The largest absolute Gasteiger partial charge is 0.336 e. The van der Waals surface area contributed by atoms with E-state index >= 15 is 0 Å². The Hall–Kier alpha value is -2.41. The number of carbonyl (C=O) groups excluding carboxylic acids is 3. The fourth-order valence-corrected chi connectivity index (χ4v) is 7.21. The number of nitrogens with zero attached hydrogens (tertiary/aromatic N) is 2. The van der Waals surface area contributed by atoms with E-state index in [1.54, 1.807) is 53.6 Å². The third-order valence-electron chi connectivity index (χ3n) is 5.37. The van der Waals surface area contributed by atoms with Crippen LogP contribution >= 0.6 is 23.1 Å². The average molecular weight is 495 g/mol. The predicted octanol–water partition coefficient (Wildman–Crippen LogP) is 1.58. The van der Waals surface area contributed by atoms with Crippen molar-refractivity contribution in [3.05, 3.63) is 47.3 Å². The Morgan fingerprint density at radius 1 is 1.12 bits per heavy atom. The number of hydrogen-bond acceptors (Lipinski definition) is 7. The van der Waals surface area contributed by atoms with Crippen LogP contribution in [0.3, 0.4) is 0 Å². The molecule has 2 aliphatic rings. The first-order valence-electron chi connectivity index (χ1n) is 9.89. The third kappa shape index (κ3) is 4.40. The highest BCUT2D eigenvalue weighted by molar-refractivity contribution is 7.99. The van der Waals surface area contributed by atoms with E-state index in [2.05, 4.69) is 10.6 Å². The highest BCUT2D eigenvalue weighted by Crippen LogP contribution is 2.29. The number of thioether (sulfide) groups is 1. The maximum absolute atomic E-state index is 13.2. The maximum atomic E-state index is 13.2. The topological polar surface area (TPSA) is 116 Å². The second kappa shape index (κ2) is 8.85. The summed E-state index contributed by atoms with van der Waals surface area (Å²) in [6, 6.07) is 9.84. The minimum Gasteiger partial charge on any atom is -0.336 e. The van der Waals surface area contributed by atoms with Crippen molar-refractivity contribution in [1.29, 1.82) is 0 Å². The lowest BCUT2D eigenvalue weighted by atomic mass is 10.1. The number of hydrogen-bond donors (Lipinski definition) is 2. The van der Waals surface area contributed by atoms with Crippen molar-refractivity contribution < 1.29 is 22.8 Å². The van der Waals surface area contributed by atoms with Crippen LogP contribution in [0.15, 0.2) is 50.9 Å². The number of urea groups is 1. The summed E-state index contributed by atoms with van der Waals surface area (Å²) in [5.74, 6) is -0.324. The van der Waals surface area contributed by atoms with E-state index in [9.17, 15) is 22.8 Å². The molecule has 0 bridgehead atoms. The van der Waals surface area contributed by atoms with Crippen LogP contribution < -0.4 is 10.6 Å². The molecule has 9 nitrogen and oxygen atoms in total. The van der Waals surface area contributed by atoms with E-state index in [-0.39, 0.29) is 24.7 Å². The van der Waals surface area contributed by atoms with Crippen molar-refractivity contribution in [2.24, 2.45) is 0 Å². The first kappa shape index (κ1) is 22.8. The number of nitrogens with one attached hydrogen (secondary N) is 2. The van der Waals surface area contributed by atoms with Gasteiger partial charge in [-0.25, -0.2) is 13.2 Å². The minimum atomic E-state index is -3.54. The van der Waals surface area contributed by atoms with Gasteiger partial charge in [0.05, 0.1) is 5.56 Å². The summed E-state index contributed by atoms with van der Waals surface area (Å²) in [7, 11) is -3.54. The standard InChI is InChI=1S/C20H22N4O5S3/c1-20(18(26)21-19(27)22-20)13-31-15-6-3-2-5-14(15)17(25)23-8-10-24(11-9-23)32(28,29)16-7-4-12-30-16/h2-7,12H,8-11,13H2,1H3,(H2,21,22,26,27)/t20-/m0/s1. The quantitative estimate of drug-likeness (QED) is 0.465. The van der Waals surface area contributed by atoms with E-state index in [0.29, 0.717) is 27.8 Å². The molecule has 4 rings (SSSR count). The Morgan fingerprint density at radius 3 is 2.47 bits per heavy atom. The Bertz CT molecular complexity index is 1140. The van der Waals surface area contributed by atoms with Gasteiger partial charge in [-0.3, -0.25) is 14.9 Å². The zero-order chi connectivity index (χ0) is 22.9. The molecular weight excluding hydrogens is 472 g/mol. The van der Waals surface area contributed by atoms with Gasteiger partial charge < -0.3 is 10.2 Å². The molecule has 0 radical (unpaired) electrons. The summed E-state index contributed by atoms with van der Waals surface area (Å²) in [4.78, 5) is 39.1. The van der Waals surface area contributed by atoms with Gasteiger partial charge in [-0.15, -0.1) is 23.1 Å². The second-order valence-electron chi connectivity index (χ2n) is 7.65. The van der Waals surface area contributed by atoms with Crippen molar-refractivity contribution >= 4 is 51.0 Å². The third-order valence-corrected chi connectivity index (χ3v) is 10.0. The normalized spacial score (nSPS) is 22.0. The Labute approximate surface area is 194 Å². The van der Waals surface area contributed by atoms with Gasteiger partial charge in [-0.05, 0) is 30.5 Å². The van der Waals surface area contributed by atoms with Gasteiger partial charge in [0.25, 0.3) is 21.8 Å². The molecule has 0 unspecified atom stereocenters. The maximum Gasteiger partial charge on any atom is 0.322 e. The summed E-state index contributed by atoms with van der Waals surface area (Å²) in [5, 5.41) is 6.57. The lowest BCUT2D eigenvalue weighted by Gasteiger charge is -2.34. The zero-order valence-corrected chi connectivity index (χ0v) is 19.7. The number of thiophene rings is 1. The van der Waals surface area contributed by atoms with Gasteiger partial charge in [0, 0.05) is 36.8 Å². The molecule has 4 amide bonds. The molecule has 32 heavy (non-hydrogen) atoms. The molecule has 2 fully saturated rings. The molecule has 2 saturated heterocycles. The van der Waals surface area contributed by atoms with Crippen LogP contribution in [0.1, 0.15) is 17.3 Å². The fourth-order valence-electron chi connectivity index (χ4n) is 3.51. The molecule has 1 aromatic heterocycles. The number of carbonyl (C=O) groups is 3. The molecule has 0 saturated carbocycles. The predicted molar refractivity (Wildman–Crippen MR) is 121 cm³/mol. The first-order chi connectivity index (χ1) is 15.2. The van der Waals surface area contributed by atoms with Crippen LogP contribution in [0.5, 0.6) is 0 Å². The van der Waals surface area contributed by atoms with Gasteiger partial charge in [-0.1, -0.05) is 18.2 Å². The Morgan fingerprint density at radius 2 is 1.84 bits per heavy atom. The highest BCUT2D eigenvalue weighted by Gasteiger charge is 2.42. The minimum absolute atomic E-state index is 0.189. The number of sulfonamides is 1. The fraction of sp³-hybridized carbons (Fsp3) is 0.350. The zero-order valence-electron chi connectivity index (χ0n) is 17.2. The van der Waals surface area contributed by atoms with E-state index in [1.807, 2.05) is 0 Å². The number of imide groups is 1.